The number of carbonyl (C=O) groups excluding carboxylic acids is 4. The number of esters is 1. The first-order valence-electron chi connectivity index (χ1n) is 10.5. The van der Waals surface area contributed by atoms with E-state index in [1.165, 1.54) is 0 Å². The number of rotatable bonds is 5. The first-order chi connectivity index (χ1) is 14.1. The van der Waals surface area contributed by atoms with Crippen LogP contribution in [-0.4, -0.2) is 47.3 Å². The molecule has 0 unspecified atom stereocenters. The third kappa shape index (κ3) is 3.73. The van der Waals surface area contributed by atoms with Crippen molar-refractivity contribution in [2.45, 2.75) is 65.8 Å². The predicted octanol–water partition coefficient (Wildman–Crippen LogP) is 3.15. The number of ether oxygens (including phenoxy) is 1. The number of benzene rings is 1. The summed E-state index contributed by atoms with van der Waals surface area (Å²) in [6.45, 7) is 8.80. The highest BCUT2D eigenvalue weighted by molar-refractivity contribution is 6.09. The van der Waals surface area contributed by atoms with Crippen molar-refractivity contribution in [1.82, 2.24) is 10.2 Å². The van der Waals surface area contributed by atoms with Gasteiger partial charge in [-0.3, -0.25) is 19.3 Å². The minimum Gasteiger partial charge on any atom is -0.456 e. The van der Waals surface area contributed by atoms with Gasteiger partial charge in [0.1, 0.15) is 12.1 Å². The van der Waals surface area contributed by atoms with Crippen LogP contribution in [0.5, 0.6) is 0 Å². The Labute approximate surface area is 177 Å². The van der Waals surface area contributed by atoms with Gasteiger partial charge in [-0.05, 0) is 74.8 Å². The molecule has 1 N–H and O–H groups in total. The van der Waals surface area contributed by atoms with Gasteiger partial charge in [-0.2, -0.15) is 0 Å². The zero-order valence-electron chi connectivity index (χ0n) is 18.4. The molecule has 1 saturated carbocycles. The Hall–Kier alpha value is -2.70. The molecule has 1 aromatic rings. The van der Waals surface area contributed by atoms with Gasteiger partial charge in [-0.15, -0.1) is 0 Å². The zero-order valence-corrected chi connectivity index (χ0v) is 18.4. The predicted molar refractivity (Wildman–Crippen MR) is 111 cm³/mol. The number of ketones is 1. The molecule has 2 fully saturated rings. The molecule has 7 nitrogen and oxygen atoms in total. The van der Waals surface area contributed by atoms with Crippen LogP contribution in [0.2, 0.25) is 0 Å². The van der Waals surface area contributed by atoms with Crippen LogP contribution in [0.1, 0.15) is 65.2 Å². The first kappa shape index (κ1) is 22.0. The third-order valence-corrected chi connectivity index (χ3v) is 6.93. The van der Waals surface area contributed by atoms with E-state index in [4.69, 9.17) is 4.74 Å². The molecule has 1 aliphatic heterocycles. The molecule has 3 amide bonds. The van der Waals surface area contributed by atoms with Crippen molar-refractivity contribution in [2.24, 2.45) is 5.92 Å². The Kier molecular flexibility index (Phi) is 6.01. The van der Waals surface area contributed by atoms with Gasteiger partial charge >= 0.3 is 12.0 Å². The van der Waals surface area contributed by atoms with E-state index in [0.717, 1.165) is 46.4 Å². The molecule has 3 rings (SSSR count). The molecule has 30 heavy (non-hydrogen) atoms. The quantitative estimate of drug-likeness (QED) is 0.454. The molecule has 0 radical (unpaired) electrons. The summed E-state index contributed by atoms with van der Waals surface area (Å²) in [7, 11) is 0. The summed E-state index contributed by atoms with van der Waals surface area (Å²) >= 11 is 0. The van der Waals surface area contributed by atoms with Crippen molar-refractivity contribution in [3.05, 3.63) is 33.9 Å². The van der Waals surface area contributed by atoms with E-state index in [0.29, 0.717) is 12.0 Å². The van der Waals surface area contributed by atoms with E-state index < -0.39 is 30.7 Å². The number of hydrogen-bond acceptors (Lipinski definition) is 5. The maximum absolute atomic E-state index is 12.9. The maximum Gasteiger partial charge on any atom is 0.326 e. The van der Waals surface area contributed by atoms with Crippen LogP contribution in [0, 0.1) is 33.6 Å². The lowest BCUT2D eigenvalue weighted by Crippen LogP contribution is -2.54. The fraction of sp³-hybridized carbons (Fsp3) is 0.565. The molecule has 1 heterocycles. The van der Waals surface area contributed by atoms with Crippen molar-refractivity contribution in [2.75, 3.05) is 13.2 Å². The minimum absolute atomic E-state index is 0.0151. The van der Waals surface area contributed by atoms with Gasteiger partial charge in [0.2, 0.25) is 5.78 Å². The average Bonchev–Trinajstić information content (AvgIpc) is 2.94. The van der Waals surface area contributed by atoms with Crippen molar-refractivity contribution < 1.29 is 23.9 Å². The number of carbonyl (C=O) groups is 4. The molecule has 7 heteroatoms. The average molecular weight is 415 g/mol. The summed E-state index contributed by atoms with van der Waals surface area (Å²) in [6, 6.07) is 1.23. The number of nitrogens with one attached hydrogen (secondary N) is 1. The lowest BCUT2D eigenvalue weighted by molar-refractivity contribution is -0.147. The van der Waals surface area contributed by atoms with Gasteiger partial charge in [-0.25, -0.2) is 4.79 Å². The molecule has 1 saturated heterocycles. The molecule has 1 aromatic carbocycles. The topological polar surface area (TPSA) is 92.8 Å². The Morgan fingerprint density at radius 3 is 2.50 bits per heavy atom. The summed E-state index contributed by atoms with van der Waals surface area (Å²) in [5.41, 5.74) is 3.63. The van der Waals surface area contributed by atoms with E-state index in [-0.39, 0.29) is 17.6 Å². The maximum atomic E-state index is 12.9. The minimum atomic E-state index is -0.917. The molecular weight excluding hydrogens is 384 g/mol. The highest BCUT2D eigenvalue weighted by Gasteiger charge is 2.55. The Balaban J connectivity index is 1.63. The number of aryl methyl sites for hydroxylation is 1. The van der Waals surface area contributed by atoms with E-state index >= 15 is 0 Å². The molecule has 1 aliphatic carbocycles. The molecule has 0 aromatic heterocycles. The van der Waals surface area contributed by atoms with Crippen LogP contribution in [0.25, 0.3) is 0 Å². The van der Waals surface area contributed by atoms with Gasteiger partial charge in [0, 0.05) is 5.56 Å². The Morgan fingerprint density at radius 1 is 1.13 bits per heavy atom. The van der Waals surface area contributed by atoms with Crippen LogP contribution in [0.15, 0.2) is 6.07 Å². The number of nitrogens with zero attached hydrogens (tertiary/aromatic N) is 1. The van der Waals surface area contributed by atoms with Crippen LogP contribution < -0.4 is 5.32 Å². The van der Waals surface area contributed by atoms with Crippen LogP contribution >= 0.6 is 0 Å². The third-order valence-electron chi connectivity index (χ3n) is 6.93. The molecule has 0 bridgehead atoms. The highest BCUT2D eigenvalue weighted by atomic mass is 16.5. The number of hydrogen-bond donors (Lipinski definition) is 1. The van der Waals surface area contributed by atoms with Crippen molar-refractivity contribution >= 4 is 23.7 Å². The monoisotopic (exact) mass is 414 g/mol. The standard InChI is InChI=1S/C23H30N2O5/c1-13-10-18(17(5)16(4)15(13)3)19(26)12-30-20(27)11-25-21(28)23(24-22(25)29)9-7-6-8-14(23)2/h10,14H,6-9,11-12H2,1-5H3,(H,24,29)/t14-,23-/m0/s1. The second kappa shape index (κ2) is 8.20. The number of amides is 3. The van der Waals surface area contributed by atoms with Gasteiger partial charge in [0.15, 0.2) is 6.61 Å². The second-order valence-electron chi connectivity index (χ2n) is 8.64. The first-order valence-corrected chi connectivity index (χ1v) is 10.5. The number of imide groups is 1. The Morgan fingerprint density at radius 2 is 1.83 bits per heavy atom. The summed E-state index contributed by atoms with van der Waals surface area (Å²) < 4.78 is 5.12. The molecule has 162 valence electrons. The summed E-state index contributed by atoms with van der Waals surface area (Å²) in [5, 5.41) is 2.80. The van der Waals surface area contributed by atoms with Gasteiger partial charge in [-0.1, -0.05) is 19.8 Å². The van der Waals surface area contributed by atoms with Crippen LogP contribution in [0.4, 0.5) is 4.79 Å². The highest BCUT2D eigenvalue weighted by Crippen LogP contribution is 2.38. The molecule has 2 atom stereocenters. The largest absolute Gasteiger partial charge is 0.456 e. The van der Waals surface area contributed by atoms with Gasteiger partial charge < -0.3 is 10.1 Å². The van der Waals surface area contributed by atoms with Gasteiger partial charge in [0.05, 0.1) is 0 Å². The van der Waals surface area contributed by atoms with E-state index in [1.807, 2.05) is 34.6 Å². The van der Waals surface area contributed by atoms with E-state index in [2.05, 4.69) is 5.32 Å². The normalized spacial score (nSPS) is 23.6. The SMILES string of the molecule is Cc1cc(C(=O)COC(=O)CN2C(=O)N[C@]3(CCCC[C@@H]3C)C2=O)c(C)c(C)c1C. The molecular formula is C23H30N2O5. The summed E-state index contributed by atoms with van der Waals surface area (Å²) in [4.78, 5) is 51.1. The van der Waals surface area contributed by atoms with Crippen molar-refractivity contribution in [3.63, 3.8) is 0 Å². The molecule has 2 aliphatic rings. The summed E-state index contributed by atoms with van der Waals surface area (Å²) in [6.07, 6.45) is 3.31. The fourth-order valence-electron chi connectivity index (χ4n) is 4.54. The Bertz CT molecular complexity index is 923. The number of Topliss-reactive ketones (excluding diaryl/α,β-unsaturated/α-hetero) is 1. The zero-order chi connectivity index (χ0) is 22.2. The lowest BCUT2D eigenvalue weighted by Gasteiger charge is -2.36. The van der Waals surface area contributed by atoms with Crippen molar-refractivity contribution in [3.8, 4) is 0 Å². The summed E-state index contributed by atoms with van der Waals surface area (Å²) in [5.74, 6) is -1.43. The second-order valence-corrected chi connectivity index (χ2v) is 8.64. The number of urea groups is 1. The fourth-order valence-corrected chi connectivity index (χ4v) is 4.54. The molecule has 1 spiro atoms. The van der Waals surface area contributed by atoms with Crippen LogP contribution in [-0.2, 0) is 14.3 Å². The lowest BCUT2D eigenvalue weighted by atomic mass is 9.73. The van der Waals surface area contributed by atoms with E-state index in [1.54, 1.807) is 6.07 Å². The van der Waals surface area contributed by atoms with Crippen molar-refractivity contribution in [1.29, 1.82) is 0 Å². The smallest absolute Gasteiger partial charge is 0.326 e. The van der Waals surface area contributed by atoms with E-state index in [9.17, 15) is 19.2 Å². The van der Waals surface area contributed by atoms with Crippen LogP contribution in [0.3, 0.4) is 0 Å². The van der Waals surface area contributed by atoms with Gasteiger partial charge in [0.25, 0.3) is 5.91 Å².